The molecule has 3 aliphatic rings. The fourth-order valence-corrected chi connectivity index (χ4v) is 3.19. The normalized spacial score (nSPS) is 29.0. The highest BCUT2D eigenvalue weighted by Crippen LogP contribution is 2.46. The van der Waals surface area contributed by atoms with Crippen molar-refractivity contribution in [2.75, 3.05) is 30.3 Å². The van der Waals surface area contributed by atoms with E-state index in [1.165, 1.54) is 6.07 Å². The number of benzene rings is 1. The number of amides is 1. The van der Waals surface area contributed by atoms with Gasteiger partial charge < -0.3 is 20.7 Å². The first-order chi connectivity index (χ1) is 10.1. The number of nitro groups is 1. The molecule has 8 heteroatoms. The number of nitrogens with one attached hydrogen (secondary N) is 3. The summed E-state index contributed by atoms with van der Waals surface area (Å²) in [5.41, 5.74) is 0.884. The minimum absolute atomic E-state index is 0.0252. The summed E-state index contributed by atoms with van der Waals surface area (Å²) in [4.78, 5) is 22.2. The fourth-order valence-electron chi connectivity index (χ4n) is 3.19. The van der Waals surface area contributed by atoms with Gasteiger partial charge in [-0.15, -0.1) is 0 Å². The molecule has 21 heavy (non-hydrogen) atoms. The average Bonchev–Trinajstić information content (AvgIpc) is 2.89. The molecule has 1 aliphatic carbocycles. The average molecular weight is 290 g/mol. The third kappa shape index (κ3) is 1.99. The van der Waals surface area contributed by atoms with Crippen molar-refractivity contribution in [3.05, 3.63) is 22.2 Å². The second kappa shape index (κ2) is 4.32. The molecule has 1 saturated carbocycles. The minimum atomic E-state index is -0.432. The van der Waals surface area contributed by atoms with Crippen molar-refractivity contribution in [1.82, 2.24) is 5.32 Å². The number of carbonyl (C=O) groups excluding carboxylic acids is 1. The van der Waals surface area contributed by atoms with Crippen LogP contribution in [0.15, 0.2) is 12.1 Å². The number of hydrogen-bond donors (Lipinski definition) is 3. The van der Waals surface area contributed by atoms with E-state index < -0.39 is 4.92 Å². The molecule has 3 N–H and O–H groups in total. The van der Waals surface area contributed by atoms with E-state index in [9.17, 15) is 14.9 Å². The summed E-state index contributed by atoms with van der Waals surface area (Å²) in [5.74, 6) is 1.15. The van der Waals surface area contributed by atoms with Crippen molar-refractivity contribution in [2.24, 2.45) is 11.8 Å². The molecule has 1 aromatic rings. The van der Waals surface area contributed by atoms with Gasteiger partial charge in [-0.25, -0.2) is 0 Å². The molecule has 2 heterocycles. The van der Waals surface area contributed by atoms with Crippen LogP contribution in [-0.2, 0) is 4.79 Å². The summed E-state index contributed by atoms with van der Waals surface area (Å²) in [6, 6.07) is 3.22. The van der Waals surface area contributed by atoms with Gasteiger partial charge in [0.2, 0.25) is 0 Å². The van der Waals surface area contributed by atoms with Gasteiger partial charge in [-0.2, -0.15) is 0 Å². The van der Waals surface area contributed by atoms with Gasteiger partial charge in [0.1, 0.15) is 5.69 Å². The topological polar surface area (TPSA) is 106 Å². The molecule has 0 bridgehead atoms. The van der Waals surface area contributed by atoms with Crippen LogP contribution in [0.25, 0.3) is 0 Å². The Hall–Kier alpha value is -2.35. The van der Waals surface area contributed by atoms with Gasteiger partial charge >= 0.3 is 0 Å². The zero-order valence-electron chi connectivity index (χ0n) is 11.1. The van der Waals surface area contributed by atoms with Crippen LogP contribution in [0, 0.1) is 22.0 Å². The van der Waals surface area contributed by atoms with Crippen molar-refractivity contribution in [2.45, 2.75) is 6.04 Å². The molecule has 8 nitrogen and oxygen atoms in total. The van der Waals surface area contributed by atoms with Crippen LogP contribution >= 0.6 is 0 Å². The lowest BCUT2D eigenvalue weighted by Gasteiger charge is -2.19. The van der Waals surface area contributed by atoms with Crippen LogP contribution in [0.2, 0.25) is 0 Å². The van der Waals surface area contributed by atoms with Crippen LogP contribution < -0.4 is 20.7 Å². The predicted octanol–water partition coefficient (Wildman–Crippen LogP) is 0.555. The molecule has 1 saturated heterocycles. The Balaban J connectivity index is 1.66. The number of ether oxygens (including phenoxy) is 1. The number of rotatable bonds is 3. The molecule has 0 spiro atoms. The molecule has 4 rings (SSSR count). The summed E-state index contributed by atoms with van der Waals surface area (Å²) < 4.78 is 5.22. The van der Waals surface area contributed by atoms with Crippen molar-refractivity contribution >= 4 is 23.0 Å². The van der Waals surface area contributed by atoms with E-state index in [1.54, 1.807) is 6.07 Å². The van der Waals surface area contributed by atoms with Crippen molar-refractivity contribution in [1.29, 1.82) is 0 Å². The number of nitro benzene ring substituents is 1. The number of anilines is 2. The van der Waals surface area contributed by atoms with Crippen LogP contribution in [-0.4, -0.2) is 36.6 Å². The third-order valence-electron chi connectivity index (χ3n) is 4.34. The Bertz CT molecular complexity index is 637. The van der Waals surface area contributed by atoms with Gasteiger partial charge in [-0.1, -0.05) is 0 Å². The Kier molecular flexibility index (Phi) is 2.55. The smallest absolute Gasteiger partial charge is 0.296 e. The molecular formula is C13H14N4O4. The van der Waals surface area contributed by atoms with Crippen LogP contribution in [0.1, 0.15) is 0 Å². The maximum atomic E-state index is 11.4. The van der Waals surface area contributed by atoms with E-state index in [0.29, 0.717) is 29.0 Å². The minimum Gasteiger partial charge on any atom is -0.481 e. The number of hydrogen-bond acceptors (Lipinski definition) is 6. The third-order valence-corrected chi connectivity index (χ3v) is 4.34. The number of nitrogens with zero attached hydrogens (tertiary/aromatic N) is 1. The van der Waals surface area contributed by atoms with Crippen molar-refractivity contribution < 1.29 is 14.5 Å². The molecule has 2 unspecified atom stereocenters. The van der Waals surface area contributed by atoms with E-state index in [0.717, 1.165) is 13.1 Å². The summed E-state index contributed by atoms with van der Waals surface area (Å²) in [6.45, 7) is 1.78. The molecular weight excluding hydrogens is 276 g/mol. The lowest BCUT2D eigenvalue weighted by molar-refractivity contribution is -0.384. The van der Waals surface area contributed by atoms with Gasteiger partial charge in [0.25, 0.3) is 11.6 Å². The second-order valence-corrected chi connectivity index (χ2v) is 5.62. The van der Waals surface area contributed by atoms with Crippen LogP contribution in [0.3, 0.4) is 0 Å². The van der Waals surface area contributed by atoms with Gasteiger partial charge in [-0.05, 0) is 17.9 Å². The highest BCUT2D eigenvalue weighted by atomic mass is 16.6. The summed E-state index contributed by atoms with van der Waals surface area (Å²) in [7, 11) is 0. The first kappa shape index (κ1) is 12.4. The van der Waals surface area contributed by atoms with E-state index in [1.807, 2.05) is 0 Å². The standard InChI is InChI=1S/C13H14N4O4/c18-12-5-21-11-2-10(17(19)20)8(1-9(11)15-12)16-13-6-3-14-4-7(6)13/h1-2,6-7,13-14,16H,3-5H2,(H,15,18). The molecule has 2 aliphatic heterocycles. The molecule has 1 aromatic carbocycles. The maximum absolute atomic E-state index is 11.4. The van der Waals surface area contributed by atoms with Crippen LogP contribution in [0.5, 0.6) is 5.75 Å². The molecule has 2 atom stereocenters. The zero-order chi connectivity index (χ0) is 14.6. The highest BCUT2D eigenvalue weighted by Gasteiger charge is 2.53. The Morgan fingerprint density at radius 2 is 2.10 bits per heavy atom. The van der Waals surface area contributed by atoms with Crippen LogP contribution in [0.4, 0.5) is 17.1 Å². The zero-order valence-corrected chi connectivity index (χ0v) is 11.1. The van der Waals surface area contributed by atoms with Gasteiger partial charge in [0.05, 0.1) is 16.7 Å². The second-order valence-electron chi connectivity index (χ2n) is 5.62. The van der Waals surface area contributed by atoms with Gasteiger partial charge in [0.15, 0.2) is 12.4 Å². The Labute approximate surface area is 120 Å². The van der Waals surface area contributed by atoms with Crippen molar-refractivity contribution in [3.8, 4) is 5.75 Å². The molecule has 110 valence electrons. The van der Waals surface area contributed by atoms with Gasteiger partial charge in [-0.3, -0.25) is 14.9 Å². The predicted molar refractivity (Wildman–Crippen MR) is 74.5 cm³/mol. The molecule has 0 aromatic heterocycles. The van der Waals surface area contributed by atoms with E-state index in [2.05, 4.69) is 16.0 Å². The van der Waals surface area contributed by atoms with Gasteiger partial charge in [0, 0.05) is 19.1 Å². The summed E-state index contributed by atoms with van der Waals surface area (Å²) >= 11 is 0. The molecule has 0 radical (unpaired) electrons. The molecule has 1 amide bonds. The summed E-state index contributed by atoms with van der Waals surface area (Å²) in [6.07, 6.45) is 0. The highest BCUT2D eigenvalue weighted by molar-refractivity contribution is 5.96. The lowest BCUT2D eigenvalue weighted by atomic mass is 10.2. The number of piperidine rings is 1. The van der Waals surface area contributed by atoms with E-state index in [4.69, 9.17) is 4.74 Å². The fraction of sp³-hybridized carbons (Fsp3) is 0.462. The number of fused-ring (bicyclic) bond motifs is 2. The first-order valence-corrected chi connectivity index (χ1v) is 6.86. The number of carbonyl (C=O) groups is 1. The lowest BCUT2D eigenvalue weighted by Crippen LogP contribution is -2.26. The Morgan fingerprint density at radius 1 is 1.33 bits per heavy atom. The SMILES string of the molecule is O=C1COc2cc([N+](=O)[O-])c(NC3C4CNCC43)cc2N1. The Morgan fingerprint density at radius 3 is 2.81 bits per heavy atom. The van der Waals surface area contributed by atoms with E-state index >= 15 is 0 Å². The largest absolute Gasteiger partial charge is 0.481 e. The quantitative estimate of drug-likeness (QED) is 0.555. The first-order valence-electron chi connectivity index (χ1n) is 6.86. The van der Waals surface area contributed by atoms with E-state index in [-0.39, 0.29) is 24.2 Å². The monoisotopic (exact) mass is 290 g/mol. The maximum Gasteiger partial charge on any atom is 0.296 e. The van der Waals surface area contributed by atoms with Crippen molar-refractivity contribution in [3.63, 3.8) is 0 Å². The molecule has 2 fully saturated rings. The summed E-state index contributed by atoms with van der Waals surface area (Å²) in [5, 5.41) is 20.4.